The van der Waals surface area contributed by atoms with Gasteiger partial charge in [0.1, 0.15) is 5.75 Å². The molecule has 1 aromatic carbocycles. The van der Waals surface area contributed by atoms with Crippen LogP contribution in [-0.2, 0) is 25.1 Å². The zero-order chi connectivity index (χ0) is 14.9. The van der Waals surface area contributed by atoms with E-state index >= 15 is 0 Å². The van der Waals surface area contributed by atoms with E-state index < -0.39 is 9.84 Å². The fourth-order valence-corrected chi connectivity index (χ4v) is 2.58. The van der Waals surface area contributed by atoms with Gasteiger partial charge in [0.25, 0.3) is 5.89 Å². The van der Waals surface area contributed by atoms with Crippen molar-refractivity contribution in [2.24, 2.45) is 0 Å². The van der Waals surface area contributed by atoms with Gasteiger partial charge in [-0.3, -0.25) is 0 Å². The highest BCUT2D eigenvalue weighted by Gasteiger charge is 2.19. The van der Waals surface area contributed by atoms with Gasteiger partial charge in [0.15, 0.2) is 22.0 Å². The van der Waals surface area contributed by atoms with E-state index in [2.05, 4.69) is 10.1 Å². The molecule has 3 rings (SSSR count). The van der Waals surface area contributed by atoms with Gasteiger partial charge in [-0.25, -0.2) is 8.42 Å². The lowest BCUT2D eigenvalue weighted by Gasteiger charge is -2.08. The molecule has 0 N–H and O–H groups in total. The molecule has 21 heavy (non-hydrogen) atoms. The second kappa shape index (κ2) is 5.55. The molecule has 0 amide bonds. The van der Waals surface area contributed by atoms with Crippen molar-refractivity contribution in [3.8, 4) is 11.5 Å². The minimum absolute atomic E-state index is 0.152. The molecule has 1 aliphatic rings. The Morgan fingerprint density at radius 3 is 2.48 bits per heavy atom. The summed E-state index contributed by atoms with van der Waals surface area (Å²) in [6, 6.07) is 7.31. The van der Waals surface area contributed by atoms with Crippen molar-refractivity contribution in [1.82, 2.24) is 10.1 Å². The van der Waals surface area contributed by atoms with Crippen molar-refractivity contribution in [3.05, 3.63) is 35.7 Å². The molecule has 0 spiro atoms. The first-order valence-electron chi connectivity index (χ1n) is 6.35. The average molecular weight is 310 g/mol. The van der Waals surface area contributed by atoms with Crippen LogP contribution >= 0.6 is 0 Å². The Bertz CT molecular complexity index is 717. The molecule has 0 radical (unpaired) electrons. The number of nitrogens with zero attached hydrogens (tertiary/aromatic N) is 2. The van der Waals surface area contributed by atoms with Crippen molar-refractivity contribution in [1.29, 1.82) is 0 Å². The number of rotatable bonds is 4. The third kappa shape index (κ3) is 3.46. The lowest BCUT2D eigenvalue weighted by Crippen LogP contribution is -2.02. The molecular formula is C13H14N2O5S. The quantitative estimate of drug-likeness (QED) is 0.841. The molecular weight excluding hydrogens is 296 g/mol. The molecule has 2 aromatic rings. The summed E-state index contributed by atoms with van der Waals surface area (Å²) < 4.78 is 38.3. The zero-order valence-corrected chi connectivity index (χ0v) is 12.2. The molecule has 112 valence electrons. The summed E-state index contributed by atoms with van der Waals surface area (Å²) in [6.07, 6.45) is 0.793. The van der Waals surface area contributed by atoms with E-state index in [-0.39, 0.29) is 23.8 Å². The molecule has 1 saturated heterocycles. The summed E-state index contributed by atoms with van der Waals surface area (Å²) in [5.74, 6) is 0.200. The number of hydrogen-bond donors (Lipinski definition) is 0. The highest BCUT2D eigenvalue weighted by Crippen LogP contribution is 2.26. The van der Waals surface area contributed by atoms with Crippen LogP contribution in [0.25, 0.3) is 11.5 Å². The molecule has 7 nitrogen and oxygen atoms in total. The van der Waals surface area contributed by atoms with Crippen LogP contribution in [0.4, 0.5) is 0 Å². The first kappa shape index (κ1) is 14.2. The third-order valence-corrected chi connectivity index (χ3v) is 3.69. The standard InChI is InChI=1S/C13H14N2O5S/c1-21(16,17)8-11-14-12(20-15-11)9-2-4-10(5-3-9)13-18-6-7-19-13/h2-5,13H,6-8H2,1H3. The molecule has 0 atom stereocenters. The summed E-state index contributed by atoms with van der Waals surface area (Å²) in [7, 11) is -3.18. The fourth-order valence-electron chi connectivity index (χ4n) is 2.00. The van der Waals surface area contributed by atoms with Crippen LogP contribution in [0.3, 0.4) is 0 Å². The number of sulfone groups is 1. The Labute approximate surface area is 121 Å². The predicted molar refractivity (Wildman–Crippen MR) is 72.9 cm³/mol. The van der Waals surface area contributed by atoms with Gasteiger partial charge in [0.05, 0.1) is 13.2 Å². The maximum absolute atomic E-state index is 11.2. The molecule has 2 heterocycles. The Morgan fingerprint density at radius 1 is 1.19 bits per heavy atom. The average Bonchev–Trinajstić information content (AvgIpc) is 3.08. The lowest BCUT2D eigenvalue weighted by atomic mass is 10.1. The monoisotopic (exact) mass is 310 g/mol. The normalized spacial score (nSPS) is 16.4. The first-order valence-corrected chi connectivity index (χ1v) is 8.41. The molecule has 1 aliphatic heterocycles. The highest BCUT2D eigenvalue weighted by atomic mass is 32.2. The fraction of sp³-hybridized carbons (Fsp3) is 0.385. The topological polar surface area (TPSA) is 91.5 Å². The van der Waals surface area contributed by atoms with E-state index in [9.17, 15) is 8.42 Å². The highest BCUT2D eigenvalue weighted by molar-refractivity contribution is 7.89. The van der Waals surface area contributed by atoms with Crippen LogP contribution in [-0.4, -0.2) is 38.0 Å². The van der Waals surface area contributed by atoms with Gasteiger partial charge in [0, 0.05) is 17.4 Å². The van der Waals surface area contributed by atoms with Crippen molar-refractivity contribution < 1.29 is 22.4 Å². The maximum Gasteiger partial charge on any atom is 0.257 e. The van der Waals surface area contributed by atoms with Gasteiger partial charge < -0.3 is 14.0 Å². The van der Waals surface area contributed by atoms with Gasteiger partial charge in [-0.1, -0.05) is 17.3 Å². The van der Waals surface area contributed by atoms with Crippen LogP contribution in [0, 0.1) is 0 Å². The number of aromatic nitrogens is 2. The van der Waals surface area contributed by atoms with E-state index in [1.165, 1.54) is 0 Å². The van der Waals surface area contributed by atoms with Gasteiger partial charge >= 0.3 is 0 Å². The first-order chi connectivity index (χ1) is 10.0. The predicted octanol–water partition coefficient (Wildman–Crippen LogP) is 1.33. The van der Waals surface area contributed by atoms with Crippen LogP contribution in [0.2, 0.25) is 0 Å². The zero-order valence-electron chi connectivity index (χ0n) is 11.4. The summed E-state index contributed by atoms with van der Waals surface area (Å²) in [5.41, 5.74) is 1.62. The number of benzene rings is 1. The van der Waals surface area contributed by atoms with Crippen LogP contribution in [0.15, 0.2) is 28.8 Å². The van der Waals surface area contributed by atoms with E-state index in [1.807, 2.05) is 12.1 Å². The van der Waals surface area contributed by atoms with E-state index in [4.69, 9.17) is 14.0 Å². The van der Waals surface area contributed by atoms with Crippen molar-refractivity contribution >= 4 is 9.84 Å². The smallest absolute Gasteiger partial charge is 0.257 e. The second-order valence-corrected chi connectivity index (χ2v) is 6.92. The summed E-state index contributed by atoms with van der Waals surface area (Å²) in [5, 5.41) is 3.66. The maximum atomic E-state index is 11.2. The number of hydrogen-bond acceptors (Lipinski definition) is 7. The Kier molecular flexibility index (Phi) is 3.75. The lowest BCUT2D eigenvalue weighted by molar-refractivity contribution is -0.0441. The molecule has 1 fully saturated rings. The van der Waals surface area contributed by atoms with Crippen molar-refractivity contribution in [2.75, 3.05) is 19.5 Å². The largest absolute Gasteiger partial charge is 0.346 e. The minimum Gasteiger partial charge on any atom is -0.346 e. The molecule has 1 aromatic heterocycles. The van der Waals surface area contributed by atoms with Crippen molar-refractivity contribution in [3.63, 3.8) is 0 Å². The third-order valence-electron chi connectivity index (χ3n) is 2.91. The molecule has 0 bridgehead atoms. The Hall–Kier alpha value is -1.77. The summed E-state index contributed by atoms with van der Waals surface area (Å²) in [6.45, 7) is 1.18. The van der Waals surface area contributed by atoms with Crippen LogP contribution < -0.4 is 0 Å². The molecule has 0 saturated carbocycles. The minimum atomic E-state index is -3.18. The van der Waals surface area contributed by atoms with E-state index in [1.54, 1.807) is 12.1 Å². The molecule has 0 aliphatic carbocycles. The second-order valence-electron chi connectivity index (χ2n) is 4.78. The molecule has 8 heteroatoms. The molecule has 0 unspecified atom stereocenters. The number of ether oxygens (including phenoxy) is 2. The van der Waals surface area contributed by atoms with E-state index in [0.717, 1.165) is 11.8 Å². The van der Waals surface area contributed by atoms with Crippen LogP contribution in [0.1, 0.15) is 17.7 Å². The SMILES string of the molecule is CS(=O)(=O)Cc1noc(-c2ccc(C3OCCO3)cc2)n1. The van der Waals surface area contributed by atoms with Crippen LogP contribution in [0.5, 0.6) is 0 Å². The van der Waals surface area contributed by atoms with Gasteiger partial charge in [-0.15, -0.1) is 0 Å². The Morgan fingerprint density at radius 2 is 1.86 bits per heavy atom. The van der Waals surface area contributed by atoms with Gasteiger partial charge in [0.2, 0.25) is 0 Å². The summed E-state index contributed by atoms with van der Waals surface area (Å²) >= 11 is 0. The Balaban J connectivity index is 1.77. The summed E-state index contributed by atoms with van der Waals surface area (Å²) in [4.78, 5) is 4.07. The van der Waals surface area contributed by atoms with E-state index in [0.29, 0.717) is 18.8 Å². The van der Waals surface area contributed by atoms with Gasteiger partial charge in [-0.2, -0.15) is 4.98 Å². The van der Waals surface area contributed by atoms with Crippen molar-refractivity contribution in [2.45, 2.75) is 12.0 Å². The van der Waals surface area contributed by atoms with Gasteiger partial charge in [-0.05, 0) is 12.1 Å².